The van der Waals surface area contributed by atoms with Crippen LogP contribution in [0.25, 0.3) is 12.3 Å². The minimum Gasteiger partial charge on any atom is -0.367 e. The molecule has 0 atom stereocenters. The fourth-order valence-electron chi connectivity index (χ4n) is 1.00. The van der Waals surface area contributed by atoms with E-state index in [1.807, 2.05) is 36.8 Å². The third-order valence-corrected chi connectivity index (χ3v) is 1.51. The van der Waals surface area contributed by atoms with E-state index < -0.39 is 0 Å². The summed E-state index contributed by atoms with van der Waals surface area (Å²) < 4.78 is 0. The van der Waals surface area contributed by atoms with Gasteiger partial charge in [-0.2, -0.15) is 0 Å². The SMILES string of the molecule is C1=CNC=c2cc[nH]c2=C1. The maximum atomic E-state index is 3.12. The molecular weight excluding hydrogens is 124 g/mol. The zero-order valence-electron chi connectivity index (χ0n) is 5.46. The van der Waals surface area contributed by atoms with Gasteiger partial charge in [0.2, 0.25) is 0 Å². The predicted octanol–water partition coefficient (Wildman–Crippen LogP) is -0.350. The zero-order chi connectivity index (χ0) is 6.81. The molecule has 2 N–H and O–H groups in total. The molecule has 2 heteroatoms. The van der Waals surface area contributed by atoms with Gasteiger partial charge in [0.1, 0.15) is 0 Å². The van der Waals surface area contributed by atoms with Crippen LogP contribution in [0.3, 0.4) is 0 Å². The molecule has 2 heterocycles. The van der Waals surface area contributed by atoms with Gasteiger partial charge in [-0.3, -0.25) is 0 Å². The Bertz CT molecular complexity index is 357. The molecule has 0 radical (unpaired) electrons. The van der Waals surface area contributed by atoms with Gasteiger partial charge in [0.25, 0.3) is 0 Å². The quantitative estimate of drug-likeness (QED) is 0.496. The lowest BCUT2D eigenvalue weighted by Gasteiger charge is -1.80. The van der Waals surface area contributed by atoms with Crippen LogP contribution in [-0.2, 0) is 0 Å². The van der Waals surface area contributed by atoms with Crippen molar-refractivity contribution in [3.8, 4) is 0 Å². The van der Waals surface area contributed by atoms with Crippen LogP contribution in [0.4, 0.5) is 0 Å². The Balaban J connectivity index is 2.82. The highest BCUT2D eigenvalue weighted by Crippen LogP contribution is 1.74. The van der Waals surface area contributed by atoms with Crippen molar-refractivity contribution in [2.75, 3.05) is 0 Å². The molecule has 1 aliphatic heterocycles. The molecule has 1 aromatic heterocycles. The summed E-state index contributed by atoms with van der Waals surface area (Å²) in [7, 11) is 0. The second-order valence-electron chi connectivity index (χ2n) is 2.18. The average molecular weight is 132 g/mol. The fraction of sp³-hybridized carbons (Fsp3) is 0. The van der Waals surface area contributed by atoms with Gasteiger partial charge < -0.3 is 10.3 Å². The molecule has 0 amide bonds. The van der Waals surface area contributed by atoms with Crippen molar-refractivity contribution in [3.63, 3.8) is 0 Å². The van der Waals surface area contributed by atoms with E-state index in [1.165, 1.54) is 5.22 Å². The minimum absolute atomic E-state index is 1.15. The topological polar surface area (TPSA) is 27.8 Å². The standard InChI is InChI=1S/C8H8N2/c1-2-8-7(3-5-10-8)6-9-4-1/h1-6,9-10H. The van der Waals surface area contributed by atoms with Gasteiger partial charge >= 0.3 is 0 Å². The second-order valence-corrected chi connectivity index (χ2v) is 2.18. The van der Waals surface area contributed by atoms with E-state index in [0.717, 1.165) is 5.35 Å². The first kappa shape index (κ1) is 5.35. The predicted molar refractivity (Wildman–Crippen MR) is 41.2 cm³/mol. The largest absolute Gasteiger partial charge is 0.367 e. The highest BCUT2D eigenvalue weighted by molar-refractivity contribution is 5.40. The second kappa shape index (κ2) is 2.06. The molecule has 2 nitrogen and oxygen atoms in total. The number of rotatable bonds is 0. The van der Waals surface area contributed by atoms with E-state index in [4.69, 9.17) is 0 Å². The summed E-state index contributed by atoms with van der Waals surface area (Å²) in [6, 6.07) is 2.03. The maximum Gasteiger partial charge on any atom is 0.0469 e. The molecule has 0 saturated carbocycles. The van der Waals surface area contributed by atoms with Crippen LogP contribution in [0.2, 0.25) is 0 Å². The number of aromatic nitrogens is 1. The number of fused-ring (bicyclic) bond motifs is 1. The number of hydrogen-bond acceptors (Lipinski definition) is 1. The lowest BCUT2D eigenvalue weighted by Crippen LogP contribution is -2.22. The van der Waals surface area contributed by atoms with Crippen LogP contribution in [0.5, 0.6) is 0 Å². The first-order valence-corrected chi connectivity index (χ1v) is 3.23. The molecule has 0 unspecified atom stereocenters. The maximum absolute atomic E-state index is 3.12. The lowest BCUT2D eigenvalue weighted by atomic mass is 10.4. The first-order valence-electron chi connectivity index (χ1n) is 3.23. The molecule has 10 heavy (non-hydrogen) atoms. The Kier molecular flexibility index (Phi) is 1.10. The average Bonchev–Trinajstić information content (AvgIpc) is 2.28. The van der Waals surface area contributed by atoms with E-state index in [0.29, 0.717) is 0 Å². The monoisotopic (exact) mass is 132 g/mol. The van der Waals surface area contributed by atoms with Crippen molar-refractivity contribution in [3.05, 3.63) is 35.1 Å². The van der Waals surface area contributed by atoms with E-state index in [1.54, 1.807) is 0 Å². The Morgan fingerprint density at radius 3 is 3.30 bits per heavy atom. The third-order valence-electron chi connectivity index (χ3n) is 1.51. The molecule has 0 aliphatic carbocycles. The fourth-order valence-corrected chi connectivity index (χ4v) is 1.00. The van der Waals surface area contributed by atoms with Crippen molar-refractivity contribution < 1.29 is 0 Å². The van der Waals surface area contributed by atoms with Gasteiger partial charge in [-0.15, -0.1) is 0 Å². The van der Waals surface area contributed by atoms with Crippen LogP contribution in [0, 0.1) is 0 Å². The van der Waals surface area contributed by atoms with Gasteiger partial charge in [0.05, 0.1) is 0 Å². The first-order chi connectivity index (χ1) is 4.97. The van der Waals surface area contributed by atoms with Gasteiger partial charge in [0.15, 0.2) is 0 Å². The third kappa shape index (κ3) is 0.739. The summed E-state index contributed by atoms with van der Waals surface area (Å²) in [6.07, 6.45) is 9.79. The number of H-pyrrole nitrogens is 1. The van der Waals surface area contributed by atoms with E-state index in [9.17, 15) is 0 Å². The molecule has 0 aromatic carbocycles. The highest BCUT2D eigenvalue weighted by atomic mass is 14.8. The van der Waals surface area contributed by atoms with E-state index in [-0.39, 0.29) is 0 Å². The molecule has 1 aliphatic rings. The van der Waals surface area contributed by atoms with Crippen molar-refractivity contribution in [2.24, 2.45) is 0 Å². The van der Waals surface area contributed by atoms with Crippen LogP contribution in [-0.4, -0.2) is 4.98 Å². The summed E-state index contributed by atoms with van der Waals surface area (Å²) in [5.74, 6) is 0. The molecule has 2 rings (SSSR count). The lowest BCUT2D eigenvalue weighted by molar-refractivity contribution is 1.27. The highest BCUT2D eigenvalue weighted by Gasteiger charge is 1.84. The molecule has 0 saturated heterocycles. The molecular formula is C8H8N2. The van der Waals surface area contributed by atoms with Crippen molar-refractivity contribution >= 4 is 12.3 Å². The Morgan fingerprint density at radius 1 is 1.30 bits per heavy atom. The summed E-state index contributed by atoms with van der Waals surface area (Å²) >= 11 is 0. The number of hydrogen-bond donors (Lipinski definition) is 2. The van der Waals surface area contributed by atoms with E-state index in [2.05, 4.69) is 10.3 Å². The Morgan fingerprint density at radius 2 is 2.30 bits per heavy atom. The summed E-state index contributed by atoms with van der Waals surface area (Å²) in [6.45, 7) is 0. The van der Waals surface area contributed by atoms with Gasteiger partial charge in [-0.05, 0) is 18.2 Å². The summed E-state index contributed by atoms with van der Waals surface area (Å²) in [5.41, 5.74) is 0. The van der Waals surface area contributed by atoms with Gasteiger partial charge in [-0.25, -0.2) is 0 Å². The van der Waals surface area contributed by atoms with Gasteiger partial charge in [0, 0.05) is 29.2 Å². The van der Waals surface area contributed by atoms with Crippen molar-refractivity contribution in [1.29, 1.82) is 0 Å². The summed E-state index contributed by atoms with van der Waals surface area (Å²) in [5, 5.41) is 5.39. The Labute approximate surface area is 58.6 Å². The smallest absolute Gasteiger partial charge is 0.0469 e. The molecule has 0 spiro atoms. The van der Waals surface area contributed by atoms with Crippen molar-refractivity contribution in [2.45, 2.75) is 0 Å². The molecule has 1 aromatic rings. The van der Waals surface area contributed by atoms with E-state index >= 15 is 0 Å². The summed E-state index contributed by atoms with van der Waals surface area (Å²) in [4.78, 5) is 3.12. The Hall–Kier alpha value is -1.44. The van der Waals surface area contributed by atoms with Crippen molar-refractivity contribution in [1.82, 2.24) is 10.3 Å². The van der Waals surface area contributed by atoms with Crippen LogP contribution < -0.4 is 15.9 Å². The number of aromatic amines is 1. The number of nitrogens with one attached hydrogen (secondary N) is 2. The minimum atomic E-state index is 1.15. The zero-order valence-corrected chi connectivity index (χ0v) is 5.46. The van der Waals surface area contributed by atoms with Crippen LogP contribution >= 0.6 is 0 Å². The van der Waals surface area contributed by atoms with Gasteiger partial charge in [-0.1, -0.05) is 0 Å². The molecule has 0 fully saturated rings. The number of allylic oxidation sites excluding steroid dienone is 1. The molecule has 0 bridgehead atoms. The van der Waals surface area contributed by atoms with Crippen LogP contribution in [0.1, 0.15) is 0 Å². The normalized spacial score (nSPS) is 14.0. The van der Waals surface area contributed by atoms with Crippen LogP contribution in [0.15, 0.2) is 24.5 Å². The molecule has 50 valence electrons.